The van der Waals surface area contributed by atoms with E-state index >= 15 is 0 Å². The molecule has 0 bridgehead atoms. The maximum atomic E-state index is 13.0. The van der Waals surface area contributed by atoms with E-state index in [2.05, 4.69) is 15.7 Å². The van der Waals surface area contributed by atoms with Gasteiger partial charge in [0.2, 0.25) is 0 Å². The topological polar surface area (TPSA) is 68.2 Å². The fourth-order valence-electron chi connectivity index (χ4n) is 3.21. The number of carbonyl (C=O) groups excluding carboxylic acids is 1. The van der Waals surface area contributed by atoms with Crippen LogP contribution >= 0.6 is 11.6 Å². The molecule has 164 valence electrons. The summed E-state index contributed by atoms with van der Waals surface area (Å²) in [5, 5.41) is 9.75. The molecule has 0 radical (unpaired) electrons. The van der Waals surface area contributed by atoms with Gasteiger partial charge in [-0.05, 0) is 54.6 Å². The first-order chi connectivity index (χ1) is 15.3. The second-order valence-corrected chi connectivity index (χ2v) is 7.18. The molecule has 4 rings (SSSR count). The second-order valence-electron chi connectivity index (χ2n) is 6.77. The Hall–Kier alpha value is -3.72. The van der Waals surface area contributed by atoms with Gasteiger partial charge in [-0.15, -0.1) is 0 Å². The lowest BCUT2D eigenvalue weighted by atomic mass is 10.2. The van der Waals surface area contributed by atoms with Crippen LogP contribution in [-0.4, -0.2) is 22.9 Å². The quantitative estimate of drug-likeness (QED) is 0.373. The van der Waals surface area contributed by atoms with E-state index in [-0.39, 0.29) is 5.69 Å². The molecule has 0 fully saturated rings. The number of hydrogen-bond donors (Lipinski definition) is 2. The molecule has 10 heteroatoms. The van der Waals surface area contributed by atoms with E-state index in [4.69, 9.17) is 16.3 Å². The van der Waals surface area contributed by atoms with Gasteiger partial charge in [0.05, 0.1) is 40.5 Å². The molecule has 2 N–H and O–H groups in total. The monoisotopic (exact) mass is 460 g/mol. The van der Waals surface area contributed by atoms with Crippen LogP contribution in [0.15, 0.2) is 66.9 Å². The molecule has 4 aromatic rings. The van der Waals surface area contributed by atoms with Gasteiger partial charge in [0.15, 0.2) is 0 Å². The zero-order chi connectivity index (χ0) is 22.9. The smallest absolute Gasteiger partial charge is 0.417 e. The van der Waals surface area contributed by atoms with E-state index in [1.165, 1.54) is 6.07 Å². The van der Waals surface area contributed by atoms with E-state index in [9.17, 15) is 18.0 Å². The van der Waals surface area contributed by atoms with E-state index in [0.29, 0.717) is 11.4 Å². The minimum Gasteiger partial charge on any atom is -0.496 e. The molecule has 0 unspecified atom stereocenters. The zero-order valence-electron chi connectivity index (χ0n) is 16.6. The van der Waals surface area contributed by atoms with Gasteiger partial charge in [-0.3, -0.25) is 0 Å². The van der Waals surface area contributed by atoms with Crippen LogP contribution in [0, 0.1) is 0 Å². The summed E-state index contributed by atoms with van der Waals surface area (Å²) in [6.07, 6.45) is -2.92. The molecule has 0 aliphatic rings. The van der Waals surface area contributed by atoms with Gasteiger partial charge in [-0.1, -0.05) is 17.7 Å². The van der Waals surface area contributed by atoms with Crippen LogP contribution in [0.1, 0.15) is 5.56 Å². The number of benzene rings is 3. The van der Waals surface area contributed by atoms with Crippen LogP contribution in [-0.2, 0) is 6.18 Å². The summed E-state index contributed by atoms with van der Waals surface area (Å²) in [5.41, 5.74) is 1.00. The first-order valence-electron chi connectivity index (χ1n) is 9.32. The molecule has 6 nitrogen and oxygen atoms in total. The number of rotatable bonds is 4. The average Bonchev–Trinajstić information content (AvgIpc) is 3.19. The number of urea groups is 1. The van der Waals surface area contributed by atoms with E-state index in [1.54, 1.807) is 42.3 Å². The van der Waals surface area contributed by atoms with Crippen molar-refractivity contribution in [2.45, 2.75) is 6.18 Å². The molecule has 2 amide bonds. The highest BCUT2D eigenvalue weighted by atomic mass is 35.5. The maximum absolute atomic E-state index is 13.0. The molecule has 0 spiro atoms. The summed E-state index contributed by atoms with van der Waals surface area (Å²) in [6, 6.07) is 14.9. The predicted molar refractivity (Wildman–Crippen MR) is 117 cm³/mol. The number of ether oxygens (including phenoxy) is 1. The summed E-state index contributed by atoms with van der Waals surface area (Å²) >= 11 is 5.60. The predicted octanol–water partition coefficient (Wildman–Crippen LogP) is 6.35. The van der Waals surface area contributed by atoms with Crippen molar-refractivity contribution in [2.24, 2.45) is 0 Å². The Morgan fingerprint density at radius 1 is 1.03 bits per heavy atom. The number of nitrogens with one attached hydrogen (secondary N) is 2. The molecule has 0 aliphatic heterocycles. The van der Waals surface area contributed by atoms with Crippen LogP contribution in [0.5, 0.6) is 5.75 Å². The van der Waals surface area contributed by atoms with Crippen molar-refractivity contribution in [1.29, 1.82) is 0 Å². The first kappa shape index (κ1) is 21.5. The number of halogens is 4. The summed E-state index contributed by atoms with van der Waals surface area (Å²) in [7, 11) is 1.59. The first-order valence-corrected chi connectivity index (χ1v) is 9.70. The van der Waals surface area contributed by atoms with E-state index in [1.807, 2.05) is 18.2 Å². The molecular weight excluding hydrogens is 445 g/mol. The molecule has 3 aromatic carbocycles. The number of alkyl halides is 3. The molecule has 0 atom stereocenters. The van der Waals surface area contributed by atoms with Crippen LogP contribution < -0.4 is 15.4 Å². The molecular formula is C22H16ClF3N4O2. The number of anilines is 2. The van der Waals surface area contributed by atoms with Crippen LogP contribution in [0.2, 0.25) is 5.02 Å². The maximum Gasteiger partial charge on any atom is 0.417 e. The zero-order valence-corrected chi connectivity index (χ0v) is 17.3. The highest BCUT2D eigenvalue weighted by molar-refractivity contribution is 6.31. The Labute approximate surface area is 185 Å². The molecule has 0 aliphatic carbocycles. The third-order valence-corrected chi connectivity index (χ3v) is 5.02. The van der Waals surface area contributed by atoms with Gasteiger partial charge in [-0.25, -0.2) is 9.48 Å². The van der Waals surface area contributed by atoms with Gasteiger partial charge in [0.25, 0.3) is 0 Å². The average molecular weight is 461 g/mol. The molecule has 1 heterocycles. The van der Waals surface area contributed by atoms with Crippen molar-refractivity contribution in [2.75, 3.05) is 17.7 Å². The molecule has 32 heavy (non-hydrogen) atoms. The van der Waals surface area contributed by atoms with Crippen LogP contribution in [0.4, 0.5) is 29.3 Å². The largest absolute Gasteiger partial charge is 0.496 e. The van der Waals surface area contributed by atoms with Gasteiger partial charge in [0, 0.05) is 11.4 Å². The highest BCUT2D eigenvalue weighted by Crippen LogP contribution is 2.36. The lowest BCUT2D eigenvalue weighted by molar-refractivity contribution is -0.137. The number of aromatic nitrogens is 2. The van der Waals surface area contributed by atoms with E-state index < -0.39 is 22.8 Å². The lowest BCUT2D eigenvalue weighted by Gasteiger charge is -2.12. The second kappa shape index (κ2) is 8.43. The van der Waals surface area contributed by atoms with Crippen molar-refractivity contribution in [3.05, 3.63) is 77.4 Å². The Morgan fingerprint density at radius 3 is 2.41 bits per heavy atom. The minimum absolute atomic E-state index is 0.0344. The number of carbonyl (C=O) groups is 1. The van der Waals surface area contributed by atoms with Gasteiger partial charge >= 0.3 is 12.2 Å². The Balaban J connectivity index is 1.48. The number of hydrogen-bond acceptors (Lipinski definition) is 3. The van der Waals surface area contributed by atoms with Crippen molar-refractivity contribution in [3.63, 3.8) is 0 Å². The lowest BCUT2D eigenvalue weighted by Crippen LogP contribution is -2.20. The fraction of sp³-hybridized carbons (Fsp3) is 0.0909. The summed E-state index contributed by atoms with van der Waals surface area (Å²) < 4.78 is 46.0. The summed E-state index contributed by atoms with van der Waals surface area (Å²) in [4.78, 5) is 12.2. The number of fused-ring (bicyclic) bond motifs is 1. The summed E-state index contributed by atoms with van der Waals surface area (Å²) in [6.45, 7) is 0. The van der Waals surface area contributed by atoms with E-state index in [0.717, 1.165) is 28.7 Å². The Kier molecular flexibility index (Phi) is 5.67. The van der Waals surface area contributed by atoms with Crippen molar-refractivity contribution in [1.82, 2.24) is 9.78 Å². The fourth-order valence-corrected chi connectivity index (χ4v) is 3.43. The van der Waals surface area contributed by atoms with Crippen molar-refractivity contribution >= 4 is 39.9 Å². The molecule has 0 saturated heterocycles. The van der Waals surface area contributed by atoms with Gasteiger partial charge in [0.1, 0.15) is 5.75 Å². The number of methoxy groups -OCH3 is 1. The minimum atomic E-state index is -4.62. The van der Waals surface area contributed by atoms with Crippen molar-refractivity contribution < 1.29 is 22.7 Å². The highest BCUT2D eigenvalue weighted by Gasteiger charge is 2.33. The third-order valence-electron chi connectivity index (χ3n) is 4.69. The standard InChI is InChI=1S/C22H16ClF3N4O2/c1-32-20-4-2-3-19-16(20)12-27-30(19)15-8-5-13(6-9-15)28-21(31)29-14-7-10-18(23)17(11-14)22(24,25)26/h2-12H,1H3,(H2,28,29,31). The SMILES string of the molecule is COc1cccc2c1cnn2-c1ccc(NC(=O)Nc2ccc(Cl)c(C(F)(F)F)c2)cc1. The summed E-state index contributed by atoms with van der Waals surface area (Å²) in [5.74, 6) is 0.708. The number of amides is 2. The van der Waals surface area contributed by atoms with Crippen molar-refractivity contribution in [3.8, 4) is 11.4 Å². The molecule has 1 aromatic heterocycles. The molecule has 0 saturated carbocycles. The van der Waals surface area contributed by atoms with Crippen LogP contribution in [0.3, 0.4) is 0 Å². The number of nitrogens with zero attached hydrogens (tertiary/aromatic N) is 2. The Bertz CT molecular complexity index is 1290. The third kappa shape index (κ3) is 4.33. The Morgan fingerprint density at radius 2 is 1.72 bits per heavy atom. The normalized spacial score (nSPS) is 11.4. The van der Waals surface area contributed by atoms with Gasteiger partial charge in [-0.2, -0.15) is 18.3 Å². The van der Waals surface area contributed by atoms with Crippen LogP contribution in [0.25, 0.3) is 16.6 Å². The van der Waals surface area contributed by atoms with Gasteiger partial charge < -0.3 is 15.4 Å².